The van der Waals surface area contributed by atoms with Gasteiger partial charge in [0.25, 0.3) is 0 Å². The fourth-order valence-corrected chi connectivity index (χ4v) is 5.04. The molecule has 3 aromatic rings. The van der Waals surface area contributed by atoms with Crippen LogP contribution in [0.2, 0.25) is 0 Å². The zero-order valence-corrected chi connectivity index (χ0v) is 20.0. The molecule has 7 nitrogen and oxygen atoms in total. The van der Waals surface area contributed by atoms with Crippen LogP contribution in [-0.4, -0.2) is 49.8 Å². The minimum atomic E-state index is -3.88. The van der Waals surface area contributed by atoms with Gasteiger partial charge in [0.15, 0.2) is 0 Å². The minimum Gasteiger partial charge on any atom is -0.497 e. The van der Waals surface area contributed by atoms with Gasteiger partial charge in [0.2, 0.25) is 15.9 Å². The highest BCUT2D eigenvalue weighted by Gasteiger charge is 2.31. The standard InChI is InChI=1S/C25H30N2O5S/c1-20(2)27(33(29,30)24-13-11-22(31-3)12-14-24)19-25(28)26(18-23-10-7-17-32-23)16-15-21-8-5-4-6-9-21/h4-14,17,20H,15-16,18-19H2,1-3H3. The molecule has 2 aromatic carbocycles. The maximum atomic E-state index is 13.3. The van der Waals surface area contributed by atoms with E-state index in [0.29, 0.717) is 24.5 Å². The van der Waals surface area contributed by atoms with Gasteiger partial charge in [-0.1, -0.05) is 30.3 Å². The van der Waals surface area contributed by atoms with E-state index in [-0.39, 0.29) is 23.9 Å². The van der Waals surface area contributed by atoms with Crippen LogP contribution in [0.1, 0.15) is 25.2 Å². The first-order valence-corrected chi connectivity index (χ1v) is 12.2. The van der Waals surface area contributed by atoms with Crippen molar-refractivity contribution in [1.82, 2.24) is 9.21 Å². The van der Waals surface area contributed by atoms with Gasteiger partial charge in [0.1, 0.15) is 11.5 Å². The SMILES string of the molecule is COc1ccc(S(=O)(=O)N(CC(=O)N(CCc2ccccc2)Cc2ccco2)C(C)C)cc1. The van der Waals surface area contributed by atoms with E-state index in [0.717, 1.165) is 5.56 Å². The first-order chi connectivity index (χ1) is 15.8. The number of benzene rings is 2. The van der Waals surface area contributed by atoms with Crippen LogP contribution in [-0.2, 0) is 27.8 Å². The van der Waals surface area contributed by atoms with Crippen molar-refractivity contribution in [1.29, 1.82) is 0 Å². The lowest BCUT2D eigenvalue weighted by molar-refractivity contribution is -0.132. The van der Waals surface area contributed by atoms with Crippen LogP contribution in [0.15, 0.2) is 82.3 Å². The molecule has 0 saturated carbocycles. The summed E-state index contributed by atoms with van der Waals surface area (Å²) in [6.45, 7) is 3.97. The van der Waals surface area contributed by atoms with Crippen molar-refractivity contribution in [2.24, 2.45) is 0 Å². The molecule has 33 heavy (non-hydrogen) atoms. The maximum absolute atomic E-state index is 13.3. The van der Waals surface area contributed by atoms with Crippen molar-refractivity contribution in [3.63, 3.8) is 0 Å². The summed E-state index contributed by atoms with van der Waals surface area (Å²) in [5.41, 5.74) is 1.10. The van der Waals surface area contributed by atoms with Crippen LogP contribution in [0.3, 0.4) is 0 Å². The van der Waals surface area contributed by atoms with Gasteiger partial charge in [-0.25, -0.2) is 8.42 Å². The topological polar surface area (TPSA) is 80.1 Å². The van der Waals surface area contributed by atoms with Gasteiger partial charge in [-0.15, -0.1) is 0 Å². The second-order valence-electron chi connectivity index (χ2n) is 7.95. The molecule has 0 bridgehead atoms. The monoisotopic (exact) mass is 470 g/mol. The summed E-state index contributed by atoms with van der Waals surface area (Å²) < 4.78 is 38.4. The number of amides is 1. The van der Waals surface area contributed by atoms with Crippen molar-refractivity contribution in [3.05, 3.63) is 84.3 Å². The van der Waals surface area contributed by atoms with Crippen molar-refractivity contribution >= 4 is 15.9 Å². The fourth-order valence-electron chi connectivity index (χ4n) is 3.45. The molecule has 0 atom stereocenters. The maximum Gasteiger partial charge on any atom is 0.243 e. The Balaban J connectivity index is 1.80. The Morgan fingerprint density at radius 3 is 2.27 bits per heavy atom. The number of ether oxygens (including phenoxy) is 1. The van der Waals surface area contributed by atoms with E-state index in [2.05, 4.69) is 0 Å². The first kappa shape index (κ1) is 24.5. The smallest absolute Gasteiger partial charge is 0.243 e. The van der Waals surface area contributed by atoms with Crippen LogP contribution in [0.25, 0.3) is 0 Å². The van der Waals surface area contributed by atoms with E-state index in [1.807, 2.05) is 30.3 Å². The van der Waals surface area contributed by atoms with E-state index in [1.165, 1.54) is 23.5 Å². The van der Waals surface area contributed by atoms with Crippen LogP contribution in [0.4, 0.5) is 0 Å². The summed E-state index contributed by atoms with van der Waals surface area (Å²) in [7, 11) is -2.36. The minimum absolute atomic E-state index is 0.117. The van der Waals surface area contributed by atoms with Crippen molar-refractivity contribution in [3.8, 4) is 5.75 Å². The third kappa shape index (κ3) is 6.46. The van der Waals surface area contributed by atoms with E-state index < -0.39 is 16.1 Å². The van der Waals surface area contributed by atoms with Gasteiger partial charge >= 0.3 is 0 Å². The molecule has 0 aliphatic carbocycles. The Kier molecular flexibility index (Phi) is 8.30. The van der Waals surface area contributed by atoms with Gasteiger partial charge < -0.3 is 14.1 Å². The first-order valence-electron chi connectivity index (χ1n) is 10.8. The average Bonchev–Trinajstić information content (AvgIpc) is 3.33. The Morgan fingerprint density at radius 1 is 1.00 bits per heavy atom. The summed E-state index contributed by atoms with van der Waals surface area (Å²) in [6.07, 6.45) is 2.21. The molecule has 0 unspecified atom stereocenters. The number of methoxy groups -OCH3 is 1. The van der Waals surface area contributed by atoms with E-state index in [4.69, 9.17) is 9.15 Å². The molecule has 0 N–H and O–H groups in total. The molecule has 176 valence electrons. The zero-order chi connectivity index (χ0) is 23.8. The predicted octanol–water partition coefficient (Wildman–Crippen LogP) is 3.96. The normalized spacial score (nSPS) is 11.7. The zero-order valence-electron chi connectivity index (χ0n) is 19.2. The van der Waals surface area contributed by atoms with Gasteiger partial charge in [-0.3, -0.25) is 4.79 Å². The number of carbonyl (C=O) groups excluding carboxylic acids is 1. The van der Waals surface area contributed by atoms with Gasteiger partial charge in [0.05, 0.1) is 31.4 Å². The predicted molar refractivity (Wildman–Crippen MR) is 126 cm³/mol. The van der Waals surface area contributed by atoms with Gasteiger partial charge in [-0.2, -0.15) is 4.31 Å². The Morgan fingerprint density at radius 2 is 1.70 bits per heavy atom. The van der Waals surface area contributed by atoms with Crippen LogP contribution < -0.4 is 4.74 Å². The Hall–Kier alpha value is -3.10. The highest BCUT2D eigenvalue weighted by Crippen LogP contribution is 2.22. The molecule has 0 spiro atoms. The lowest BCUT2D eigenvalue weighted by Crippen LogP contribution is -2.46. The summed E-state index contributed by atoms with van der Waals surface area (Å²) in [5.74, 6) is 0.922. The summed E-state index contributed by atoms with van der Waals surface area (Å²) in [6, 6.07) is 19.2. The van der Waals surface area contributed by atoms with Crippen molar-refractivity contribution in [2.45, 2.75) is 37.8 Å². The van der Waals surface area contributed by atoms with E-state index >= 15 is 0 Å². The number of carbonyl (C=O) groups is 1. The number of hydrogen-bond donors (Lipinski definition) is 0. The van der Waals surface area contributed by atoms with Gasteiger partial charge in [0, 0.05) is 12.6 Å². The highest BCUT2D eigenvalue weighted by molar-refractivity contribution is 7.89. The summed E-state index contributed by atoms with van der Waals surface area (Å²) in [5, 5.41) is 0. The molecule has 1 amide bonds. The average molecular weight is 471 g/mol. The molecule has 1 aromatic heterocycles. The Labute approximate surface area is 195 Å². The number of nitrogens with zero attached hydrogens (tertiary/aromatic N) is 2. The molecular formula is C25H30N2O5S. The second-order valence-corrected chi connectivity index (χ2v) is 9.84. The molecule has 1 heterocycles. The van der Waals surface area contributed by atoms with E-state index in [9.17, 15) is 13.2 Å². The highest BCUT2D eigenvalue weighted by atomic mass is 32.2. The lowest BCUT2D eigenvalue weighted by atomic mass is 10.1. The molecule has 3 rings (SSSR count). The molecule has 0 fully saturated rings. The van der Waals surface area contributed by atoms with Crippen LogP contribution >= 0.6 is 0 Å². The van der Waals surface area contributed by atoms with Crippen molar-refractivity contribution in [2.75, 3.05) is 20.2 Å². The number of furan rings is 1. The third-order valence-corrected chi connectivity index (χ3v) is 7.36. The molecule has 0 radical (unpaired) electrons. The number of hydrogen-bond acceptors (Lipinski definition) is 5. The van der Waals surface area contributed by atoms with E-state index in [1.54, 1.807) is 49.3 Å². The summed E-state index contributed by atoms with van der Waals surface area (Å²) >= 11 is 0. The second kappa shape index (κ2) is 11.2. The number of sulfonamides is 1. The van der Waals surface area contributed by atoms with Gasteiger partial charge in [-0.05, 0) is 62.2 Å². The fraction of sp³-hybridized carbons (Fsp3) is 0.320. The Bertz CT molecular complexity index is 1110. The number of rotatable bonds is 11. The molecule has 0 saturated heterocycles. The molecular weight excluding hydrogens is 440 g/mol. The molecule has 0 aliphatic rings. The molecule has 0 aliphatic heterocycles. The van der Waals surface area contributed by atoms with Crippen LogP contribution in [0, 0.1) is 0 Å². The summed E-state index contributed by atoms with van der Waals surface area (Å²) in [4.78, 5) is 15.1. The lowest BCUT2D eigenvalue weighted by Gasteiger charge is -2.29. The van der Waals surface area contributed by atoms with Crippen molar-refractivity contribution < 1.29 is 22.4 Å². The molecule has 8 heteroatoms. The van der Waals surface area contributed by atoms with Crippen LogP contribution in [0.5, 0.6) is 5.75 Å². The quantitative estimate of drug-likeness (QED) is 0.424. The third-order valence-electron chi connectivity index (χ3n) is 5.33. The largest absolute Gasteiger partial charge is 0.497 e.